The van der Waals surface area contributed by atoms with E-state index in [0.29, 0.717) is 29.7 Å². The maximum absolute atomic E-state index is 9.29. The summed E-state index contributed by atoms with van der Waals surface area (Å²) in [5.74, 6) is 0.629. The standard InChI is InChI=1S/C17H24N4O/c1-20-12-16(19)13-5-6-17(14(10-13)11-18)22-9-7-15-4-3-8-21(15)2/h5-6,10,12,15,20H,3-4,7-9,19H2,1-2H3/b16-12-. The van der Waals surface area contributed by atoms with Gasteiger partial charge in [-0.25, -0.2) is 0 Å². The summed E-state index contributed by atoms with van der Waals surface area (Å²) in [6, 6.07) is 8.24. The summed E-state index contributed by atoms with van der Waals surface area (Å²) in [5.41, 5.74) is 7.85. The number of hydrogen-bond donors (Lipinski definition) is 2. The van der Waals surface area contributed by atoms with Gasteiger partial charge in [0, 0.05) is 24.9 Å². The zero-order valence-electron chi connectivity index (χ0n) is 13.3. The number of nitrogens with one attached hydrogen (secondary N) is 1. The summed E-state index contributed by atoms with van der Waals surface area (Å²) in [4.78, 5) is 2.38. The predicted octanol–water partition coefficient (Wildman–Crippen LogP) is 1.90. The van der Waals surface area contributed by atoms with Gasteiger partial charge in [-0.15, -0.1) is 0 Å². The zero-order chi connectivity index (χ0) is 15.9. The molecule has 1 aromatic rings. The SMILES string of the molecule is CN/C=C(\N)c1ccc(OCCC2CCCN2C)c(C#N)c1. The highest BCUT2D eigenvalue weighted by atomic mass is 16.5. The average Bonchev–Trinajstić information content (AvgIpc) is 2.93. The lowest BCUT2D eigenvalue weighted by molar-refractivity contribution is 0.233. The fourth-order valence-electron chi connectivity index (χ4n) is 2.81. The van der Waals surface area contributed by atoms with Crippen molar-refractivity contribution >= 4 is 5.70 Å². The molecule has 5 nitrogen and oxygen atoms in total. The normalized spacial score (nSPS) is 19.0. The first-order valence-electron chi connectivity index (χ1n) is 7.66. The van der Waals surface area contributed by atoms with E-state index in [2.05, 4.69) is 23.3 Å². The van der Waals surface area contributed by atoms with Gasteiger partial charge in [0.15, 0.2) is 0 Å². The van der Waals surface area contributed by atoms with Crippen LogP contribution in [-0.4, -0.2) is 38.2 Å². The topological polar surface area (TPSA) is 74.3 Å². The Bertz CT molecular complexity index is 577. The molecule has 0 bridgehead atoms. The van der Waals surface area contributed by atoms with Crippen LogP contribution in [0.25, 0.3) is 5.70 Å². The molecule has 2 rings (SSSR count). The molecule has 3 N–H and O–H groups in total. The molecule has 0 aliphatic carbocycles. The van der Waals surface area contributed by atoms with Crippen molar-refractivity contribution in [2.45, 2.75) is 25.3 Å². The maximum atomic E-state index is 9.29. The molecule has 1 aromatic carbocycles. The third kappa shape index (κ3) is 3.92. The molecule has 1 aliphatic heterocycles. The van der Waals surface area contributed by atoms with Crippen LogP contribution in [0.5, 0.6) is 5.75 Å². The third-order valence-electron chi connectivity index (χ3n) is 4.11. The van der Waals surface area contributed by atoms with Gasteiger partial charge < -0.3 is 20.7 Å². The minimum Gasteiger partial charge on any atom is -0.492 e. The number of likely N-dealkylation sites (tertiary alicyclic amines) is 1. The van der Waals surface area contributed by atoms with Crippen molar-refractivity contribution in [2.24, 2.45) is 5.73 Å². The molecule has 22 heavy (non-hydrogen) atoms. The van der Waals surface area contributed by atoms with Crippen molar-refractivity contribution in [3.63, 3.8) is 0 Å². The monoisotopic (exact) mass is 300 g/mol. The first-order chi connectivity index (χ1) is 10.7. The number of nitrogens with two attached hydrogens (primary N) is 1. The van der Waals surface area contributed by atoms with Gasteiger partial charge in [-0.05, 0) is 51.1 Å². The van der Waals surface area contributed by atoms with Crippen LogP contribution in [0.4, 0.5) is 0 Å². The number of hydrogen-bond acceptors (Lipinski definition) is 5. The first kappa shape index (κ1) is 16.2. The van der Waals surface area contributed by atoms with Gasteiger partial charge in [0.25, 0.3) is 0 Å². The van der Waals surface area contributed by atoms with Crippen LogP contribution in [0.1, 0.15) is 30.4 Å². The molecule has 5 heteroatoms. The molecule has 0 radical (unpaired) electrons. The van der Waals surface area contributed by atoms with Gasteiger partial charge in [-0.2, -0.15) is 5.26 Å². The zero-order valence-corrected chi connectivity index (χ0v) is 13.3. The number of nitrogens with zero attached hydrogens (tertiary/aromatic N) is 2. The van der Waals surface area contributed by atoms with Crippen LogP contribution in [0.15, 0.2) is 24.4 Å². The van der Waals surface area contributed by atoms with Crippen LogP contribution < -0.4 is 15.8 Å². The number of nitriles is 1. The van der Waals surface area contributed by atoms with Crippen molar-refractivity contribution in [1.82, 2.24) is 10.2 Å². The summed E-state index contributed by atoms with van der Waals surface area (Å²) in [5, 5.41) is 12.2. The van der Waals surface area contributed by atoms with Crippen molar-refractivity contribution in [3.05, 3.63) is 35.5 Å². The van der Waals surface area contributed by atoms with Gasteiger partial charge in [0.1, 0.15) is 11.8 Å². The van der Waals surface area contributed by atoms with E-state index >= 15 is 0 Å². The lowest BCUT2D eigenvalue weighted by atomic mass is 10.1. The molecular weight excluding hydrogens is 276 g/mol. The van der Waals surface area contributed by atoms with Crippen molar-refractivity contribution in [1.29, 1.82) is 5.26 Å². The second-order valence-electron chi connectivity index (χ2n) is 5.62. The van der Waals surface area contributed by atoms with E-state index in [1.807, 2.05) is 12.1 Å². The molecule has 1 fully saturated rings. The average molecular weight is 300 g/mol. The van der Waals surface area contributed by atoms with Crippen LogP contribution in [0.3, 0.4) is 0 Å². The Morgan fingerprint density at radius 3 is 3.05 bits per heavy atom. The Hall–Kier alpha value is -2.19. The Balaban J connectivity index is 1.99. The highest BCUT2D eigenvalue weighted by molar-refractivity contribution is 5.65. The largest absolute Gasteiger partial charge is 0.492 e. The number of rotatable bonds is 6. The van der Waals surface area contributed by atoms with Crippen LogP contribution in [0.2, 0.25) is 0 Å². The molecule has 1 aliphatic rings. The van der Waals surface area contributed by atoms with E-state index < -0.39 is 0 Å². The molecular formula is C17H24N4O. The van der Waals surface area contributed by atoms with Crippen LogP contribution >= 0.6 is 0 Å². The fourth-order valence-corrected chi connectivity index (χ4v) is 2.81. The van der Waals surface area contributed by atoms with E-state index in [4.69, 9.17) is 10.5 Å². The highest BCUT2D eigenvalue weighted by Gasteiger charge is 2.20. The first-order valence-corrected chi connectivity index (χ1v) is 7.66. The molecule has 0 aromatic heterocycles. The smallest absolute Gasteiger partial charge is 0.137 e. The molecule has 0 saturated carbocycles. The summed E-state index contributed by atoms with van der Waals surface area (Å²) in [6.07, 6.45) is 5.18. The lowest BCUT2D eigenvalue weighted by Crippen LogP contribution is -2.26. The molecule has 1 heterocycles. The fraction of sp³-hybridized carbons (Fsp3) is 0.471. The van der Waals surface area contributed by atoms with Gasteiger partial charge in [0.05, 0.1) is 17.9 Å². The van der Waals surface area contributed by atoms with E-state index in [-0.39, 0.29) is 0 Å². The number of ether oxygens (including phenoxy) is 1. The van der Waals surface area contributed by atoms with Gasteiger partial charge >= 0.3 is 0 Å². The molecule has 1 unspecified atom stereocenters. The predicted molar refractivity (Wildman–Crippen MR) is 88.1 cm³/mol. The maximum Gasteiger partial charge on any atom is 0.137 e. The second kappa shape index (κ2) is 7.71. The minimum absolute atomic E-state index is 0.518. The Labute approximate surface area is 132 Å². The van der Waals surface area contributed by atoms with Gasteiger partial charge in [-0.1, -0.05) is 0 Å². The summed E-state index contributed by atoms with van der Waals surface area (Å²) < 4.78 is 5.81. The van der Waals surface area contributed by atoms with E-state index in [1.165, 1.54) is 19.4 Å². The molecule has 118 valence electrons. The van der Waals surface area contributed by atoms with Gasteiger partial charge in [-0.3, -0.25) is 0 Å². The summed E-state index contributed by atoms with van der Waals surface area (Å²) in [7, 11) is 3.94. The second-order valence-corrected chi connectivity index (χ2v) is 5.62. The van der Waals surface area contributed by atoms with E-state index in [1.54, 1.807) is 19.3 Å². The number of benzene rings is 1. The molecule has 0 spiro atoms. The highest BCUT2D eigenvalue weighted by Crippen LogP contribution is 2.23. The quantitative estimate of drug-likeness (QED) is 0.839. The van der Waals surface area contributed by atoms with E-state index in [9.17, 15) is 5.26 Å². The molecule has 1 atom stereocenters. The van der Waals surface area contributed by atoms with Crippen molar-refractivity contribution < 1.29 is 4.74 Å². The Morgan fingerprint density at radius 1 is 1.59 bits per heavy atom. The Kier molecular flexibility index (Phi) is 5.68. The Morgan fingerprint density at radius 2 is 2.41 bits per heavy atom. The van der Waals surface area contributed by atoms with Gasteiger partial charge in [0.2, 0.25) is 0 Å². The van der Waals surface area contributed by atoms with Crippen LogP contribution in [-0.2, 0) is 0 Å². The van der Waals surface area contributed by atoms with E-state index in [0.717, 1.165) is 12.0 Å². The summed E-state index contributed by atoms with van der Waals surface area (Å²) in [6.45, 7) is 1.80. The molecule has 1 saturated heterocycles. The third-order valence-corrected chi connectivity index (χ3v) is 4.11. The molecule has 0 amide bonds. The minimum atomic E-state index is 0.518. The lowest BCUT2D eigenvalue weighted by Gasteiger charge is -2.19. The van der Waals surface area contributed by atoms with Crippen molar-refractivity contribution in [2.75, 3.05) is 27.2 Å². The van der Waals surface area contributed by atoms with Crippen LogP contribution in [0, 0.1) is 11.3 Å². The summed E-state index contributed by atoms with van der Waals surface area (Å²) >= 11 is 0. The van der Waals surface area contributed by atoms with Crippen molar-refractivity contribution in [3.8, 4) is 11.8 Å².